The fourth-order valence-electron chi connectivity index (χ4n) is 1.83. The van der Waals surface area contributed by atoms with Crippen LogP contribution in [0.25, 0.3) is 0 Å². The van der Waals surface area contributed by atoms with Gasteiger partial charge in [-0.3, -0.25) is 0 Å². The summed E-state index contributed by atoms with van der Waals surface area (Å²) < 4.78 is 0. The van der Waals surface area contributed by atoms with E-state index in [9.17, 15) is 4.79 Å². The first kappa shape index (κ1) is 14.4. The first-order chi connectivity index (χ1) is 6.99. The Kier molecular flexibility index (Phi) is 7.37. The summed E-state index contributed by atoms with van der Waals surface area (Å²) in [5.74, 6) is 1.86. The molecule has 0 spiro atoms. The molecule has 0 saturated heterocycles. The first-order valence-corrected chi connectivity index (χ1v) is 6.06. The van der Waals surface area contributed by atoms with Crippen LogP contribution in [0.3, 0.4) is 0 Å². The topological polar surface area (TPSA) is 17.1 Å². The Morgan fingerprint density at radius 2 is 1.73 bits per heavy atom. The van der Waals surface area contributed by atoms with Crippen LogP contribution in [-0.2, 0) is 4.79 Å². The van der Waals surface area contributed by atoms with Gasteiger partial charge >= 0.3 is 0 Å². The molecule has 0 amide bonds. The molecule has 0 aliphatic rings. The zero-order valence-corrected chi connectivity index (χ0v) is 10.9. The van der Waals surface area contributed by atoms with Gasteiger partial charge in [-0.25, -0.2) is 0 Å². The lowest BCUT2D eigenvalue weighted by Crippen LogP contribution is -2.16. The molecule has 3 atom stereocenters. The summed E-state index contributed by atoms with van der Waals surface area (Å²) in [6, 6.07) is 0. The van der Waals surface area contributed by atoms with Crippen LogP contribution in [0, 0.1) is 17.8 Å². The monoisotopic (exact) mass is 210 g/mol. The highest BCUT2D eigenvalue weighted by atomic mass is 16.1. The molecule has 0 aliphatic carbocycles. The van der Waals surface area contributed by atoms with Crippen LogP contribution < -0.4 is 0 Å². The molecule has 0 radical (unpaired) electrons. The van der Waals surface area contributed by atoms with E-state index in [4.69, 9.17) is 0 Å². The molecule has 0 N–H and O–H groups in total. The number of carbonyl (C=O) groups excluding carboxylic acids is 1. The maximum absolute atomic E-state index is 10.4. The van der Waals surface area contributed by atoms with E-state index in [1.165, 1.54) is 18.4 Å². The summed E-state index contributed by atoms with van der Waals surface area (Å²) in [6.07, 6.45) is 6.45. The quantitative estimate of drug-likeness (QED) is 0.454. The molecule has 0 bridgehead atoms. The average molecular weight is 210 g/mol. The number of hydrogen-bond donors (Lipinski definition) is 0. The maximum atomic E-state index is 10.4. The van der Waals surface area contributed by atoms with Crippen molar-refractivity contribution in [3.05, 3.63) is 11.6 Å². The molecular formula is C14H26O. The third kappa shape index (κ3) is 6.48. The molecule has 1 nitrogen and oxygen atoms in total. The van der Waals surface area contributed by atoms with Gasteiger partial charge in [0.15, 0.2) is 0 Å². The number of rotatable bonds is 7. The minimum atomic E-state index is 0.518. The molecule has 0 fully saturated rings. The number of hydrogen-bond acceptors (Lipinski definition) is 1. The van der Waals surface area contributed by atoms with Gasteiger partial charge in [0.25, 0.3) is 0 Å². The van der Waals surface area contributed by atoms with E-state index in [-0.39, 0.29) is 0 Å². The fourth-order valence-corrected chi connectivity index (χ4v) is 1.83. The van der Waals surface area contributed by atoms with Crippen molar-refractivity contribution >= 4 is 6.29 Å². The Bertz CT molecular complexity index is 201. The lowest BCUT2D eigenvalue weighted by atomic mass is 9.81. The molecule has 3 unspecified atom stereocenters. The van der Waals surface area contributed by atoms with Gasteiger partial charge in [-0.15, -0.1) is 0 Å². The fraction of sp³-hybridized carbons (Fsp3) is 0.786. The second-order valence-corrected chi connectivity index (χ2v) is 5.07. The molecule has 0 aromatic rings. The number of carbonyl (C=O) groups is 1. The van der Waals surface area contributed by atoms with Crippen LogP contribution >= 0.6 is 0 Å². The summed E-state index contributed by atoms with van der Waals surface area (Å²) in [7, 11) is 0. The van der Waals surface area contributed by atoms with Crippen molar-refractivity contribution in [2.24, 2.45) is 17.8 Å². The Morgan fingerprint density at radius 3 is 2.20 bits per heavy atom. The Morgan fingerprint density at radius 1 is 1.13 bits per heavy atom. The smallest absolute Gasteiger partial charge is 0.120 e. The predicted molar refractivity (Wildman–Crippen MR) is 66.8 cm³/mol. The Labute approximate surface area is 95.0 Å². The van der Waals surface area contributed by atoms with Gasteiger partial charge in [0, 0.05) is 6.42 Å². The minimum absolute atomic E-state index is 0.518. The van der Waals surface area contributed by atoms with Gasteiger partial charge in [-0.2, -0.15) is 0 Å². The van der Waals surface area contributed by atoms with Crippen LogP contribution in [0.1, 0.15) is 53.9 Å². The van der Waals surface area contributed by atoms with E-state index in [1.807, 2.05) is 0 Å². The standard InChI is InChI=1S/C14H26O/c1-11(2)7-6-8-12(3)14(5)13(4)9-10-15/h7,10,12-14H,6,8-9H2,1-5H3. The van der Waals surface area contributed by atoms with Gasteiger partial charge in [-0.05, 0) is 44.4 Å². The zero-order chi connectivity index (χ0) is 11.8. The summed E-state index contributed by atoms with van der Waals surface area (Å²) in [5, 5.41) is 0. The lowest BCUT2D eigenvalue weighted by Gasteiger charge is -2.24. The summed E-state index contributed by atoms with van der Waals surface area (Å²) in [6.45, 7) is 11.0. The molecule has 0 aliphatic heterocycles. The van der Waals surface area contributed by atoms with Gasteiger partial charge in [0.05, 0.1) is 0 Å². The third-order valence-corrected chi connectivity index (χ3v) is 3.44. The van der Waals surface area contributed by atoms with E-state index < -0.39 is 0 Å². The van der Waals surface area contributed by atoms with E-state index in [2.05, 4.69) is 40.7 Å². The number of aldehydes is 1. The van der Waals surface area contributed by atoms with E-state index in [1.54, 1.807) is 0 Å². The highest BCUT2D eigenvalue weighted by molar-refractivity contribution is 5.49. The molecule has 0 rings (SSSR count). The molecule has 0 saturated carbocycles. The van der Waals surface area contributed by atoms with Crippen molar-refractivity contribution < 1.29 is 4.79 Å². The van der Waals surface area contributed by atoms with Crippen LogP contribution in [0.4, 0.5) is 0 Å². The summed E-state index contributed by atoms with van der Waals surface area (Å²) >= 11 is 0. The normalized spacial score (nSPS) is 16.6. The van der Waals surface area contributed by atoms with Crippen molar-refractivity contribution in [1.82, 2.24) is 0 Å². The molecule has 0 heterocycles. The molecular weight excluding hydrogens is 184 g/mol. The summed E-state index contributed by atoms with van der Waals surface area (Å²) in [5.41, 5.74) is 1.40. The van der Waals surface area contributed by atoms with Crippen molar-refractivity contribution in [1.29, 1.82) is 0 Å². The zero-order valence-electron chi connectivity index (χ0n) is 10.9. The average Bonchev–Trinajstić information content (AvgIpc) is 2.16. The van der Waals surface area contributed by atoms with Crippen molar-refractivity contribution in [3.63, 3.8) is 0 Å². The van der Waals surface area contributed by atoms with Gasteiger partial charge < -0.3 is 4.79 Å². The van der Waals surface area contributed by atoms with Crippen molar-refractivity contribution in [2.45, 2.75) is 53.9 Å². The molecule has 0 aromatic carbocycles. The second-order valence-electron chi connectivity index (χ2n) is 5.07. The maximum Gasteiger partial charge on any atom is 0.120 e. The van der Waals surface area contributed by atoms with Crippen LogP contribution in [-0.4, -0.2) is 6.29 Å². The SMILES string of the molecule is CC(C)=CCCC(C)C(C)C(C)CC=O. The molecule has 0 aromatic heterocycles. The third-order valence-electron chi connectivity index (χ3n) is 3.44. The van der Waals surface area contributed by atoms with Gasteiger partial charge in [0.2, 0.25) is 0 Å². The molecule has 1 heteroatoms. The van der Waals surface area contributed by atoms with Crippen LogP contribution in [0.2, 0.25) is 0 Å². The molecule has 88 valence electrons. The summed E-state index contributed by atoms with van der Waals surface area (Å²) in [4.78, 5) is 10.4. The second kappa shape index (κ2) is 7.67. The van der Waals surface area contributed by atoms with Crippen molar-refractivity contribution in [2.75, 3.05) is 0 Å². The Hall–Kier alpha value is -0.590. The van der Waals surface area contributed by atoms with Gasteiger partial charge in [0.1, 0.15) is 6.29 Å². The van der Waals surface area contributed by atoms with E-state index >= 15 is 0 Å². The van der Waals surface area contributed by atoms with Crippen LogP contribution in [0.5, 0.6) is 0 Å². The lowest BCUT2D eigenvalue weighted by molar-refractivity contribution is -0.108. The predicted octanol–water partition coefficient (Wildman–Crippen LogP) is 4.23. The van der Waals surface area contributed by atoms with Gasteiger partial charge in [-0.1, -0.05) is 32.4 Å². The Balaban J connectivity index is 3.92. The highest BCUT2D eigenvalue weighted by Gasteiger charge is 2.17. The molecule has 15 heavy (non-hydrogen) atoms. The van der Waals surface area contributed by atoms with E-state index in [0.29, 0.717) is 24.2 Å². The minimum Gasteiger partial charge on any atom is -0.303 e. The largest absolute Gasteiger partial charge is 0.303 e. The van der Waals surface area contributed by atoms with Crippen LogP contribution in [0.15, 0.2) is 11.6 Å². The first-order valence-electron chi connectivity index (χ1n) is 6.06. The highest BCUT2D eigenvalue weighted by Crippen LogP contribution is 2.26. The van der Waals surface area contributed by atoms with Crippen molar-refractivity contribution in [3.8, 4) is 0 Å². The van der Waals surface area contributed by atoms with E-state index in [0.717, 1.165) is 6.29 Å². The number of allylic oxidation sites excluding steroid dienone is 2.